The van der Waals surface area contributed by atoms with Crippen molar-refractivity contribution in [2.45, 2.75) is 33.6 Å². The first kappa shape index (κ1) is 11.4. The number of rotatable bonds is 2. The van der Waals surface area contributed by atoms with Crippen molar-refractivity contribution in [2.75, 3.05) is 0 Å². The molecular weight excluding hydrogens is 212 g/mol. The molecule has 0 bridgehead atoms. The summed E-state index contributed by atoms with van der Waals surface area (Å²) in [5.74, 6) is 0.628. The van der Waals surface area contributed by atoms with Crippen LogP contribution < -0.4 is 0 Å². The van der Waals surface area contributed by atoms with Gasteiger partial charge in [-0.05, 0) is 48.6 Å². The maximum atomic E-state index is 2.26. The Kier molecular flexibility index (Phi) is 3.15. The molecule has 0 aliphatic heterocycles. The minimum atomic E-state index is 0.628. The number of aryl methyl sites for hydroxylation is 2. The summed E-state index contributed by atoms with van der Waals surface area (Å²) < 4.78 is 0. The van der Waals surface area contributed by atoms with Crippen LogP contribution in [0.4, 0.5) is 0 Å². The van der Waals surface area contributed by atoms with E-state index < -0.39 is 0 Å². The molecule has 1 heterocycles. The van der Waals surface area contributed by atoms with E-state index >= 15 is 0 Å². The second kappa shape index (κ2) is 4.42. The van der Waals surface area contributed by atoms with Crippen molar-refractivity contribution in [3.05, 3.63) is 46.3 Å². The van der Waals surface area contributed by atoms with Crippen LogP contribution in [-0.4, -0.2) is 0 Å². The van der Waals surface area contributed by atoms with E-state index in [1.807, 2.05) is 11.3 Å². The molecule has 1 aromatic carbocycles. The summed E-state index contributed by atoms with van der Waals surface area (Å²) in [7, 11) is 0. The molecule has 0 saturated heterocycles. The molecule has 2 rings (SSSR count). The molecule has 16 heavy (non-hydrogen) atoms. The first-order valence-corrected chi connectivity index (χ1v) is 6.57. The van der Waals surface area contributed by atoms with Crippen molar-refractivity contribution in [3.8, 4) is 10.4 Å². The lowest BCUT2D eigenvalue weighted by Gasteiger charge is -2.07. The molecule has 0 saturated carbocycles. The van der Waals surface area contributed by atoms with Gasteiger partial charge in [0.1, 0.15) is 0 Å². The van der Waals surface area contributed by atoms with Gasteiger partial charge in [0.05, 0.1) is 0 Å². The molecule has 0 atom stereocenters. The molecule has 1 aromatic heterocycles. The topological polar surface area (TPSA) is 0 Å². The number of benzene rings is 1. The molecule has 84 valence electrons. The molecule has 1 heteroatoms. The first-order chi connectivity index (χ1) is 7.59. The maximum absolute atomic E-state index is 2.26. The number of hydrogen-bond donors (Lipinski definition) is 0. The van der Waals surface area contributed by atoms with Crippen molar-refractivity contribution in [1.82, 2.24) is 0 Å². The first-order valence-electron chi connectivity index (χ1n) is 5.76. The van der Waals surface area contributed by atoms with Gasteiger partial charge < -0.3 is 0 Å². The monoisotopic (exact) mass is 230 g/mol. The zero-order valence-electron chi connectivity index (χ0n) is 10.4. The largest absolute Gasteiger partial charge is 0.140 e. The van der Waals surface area contributed by atoms with Crippen LogP contribution >= 0.6 is 11.3 Å². The lowest BCUT2D eigenvalue weighted by molar-refractivity contribution is 0.890. The molecule has 0 amide bonds. The van der Waals surface area contributed by atoms with Crippen LogP contribution in [0, 0.1) is 13.8 Å². The summed E-state index contributed by atoms with van der Waals surface area (Å²) in [6.07, 6.45) is 0. The molecule has 0 nitrogen and oxygen atoms in total. The Morgan fingerprint density at radius 1 is 0.938 bits per heavy atom. The molecule has 0 N–H and O–H groups in total. The van der Waals surface area contributed by atoms with Crippen LogP contribution in [0.5, 0.6) is 0 Å². The van der Waals surface area contributed by atoms with Gasteiger partial charge >= 0.3 is 0 Å². The predicted octanol–water partition coefficient (Wildman–Crippen LogP) is 5.16. The van der Waals surface area contributed by atoms with Gasteiger partial charge in [0.15, 0.2) is 0 Å². The van der Waals surface area contributed by atoms with Crippen LogP contribution in [0.15, 0.2) is 30.3 Å². The normalized spacial score (nSPS) is 11.1. The van der Waals surface area contributed by atoms with Crippen LogP contribution in [0.1, 0.15) is 35.8 Å². The van der Waals surface area contributed by atoms with Crippen LogP contribution in [0.3, 0.4) is 0 Å². The Bertz CT molecular complexity index is 472. The third-order valence-electron chi connectivity index (χ3n) is 2.92. The molecule has 0 unspecified atom stereocenters. The van der Waals surface area contributed by atoms with Crippen molar-refractivity contribution >= 4 is 11.3 Å². The van der Waals surface area contributed by atoms with E-state index in [-0.39, 0.29) is 0 Å². The maximum Gasteiger partial charge on any atom is 0.0351 e. The lowest BCUT2D eigenvalue weighted by Crippen LogP contribution is -1.84. The fourth-order valence-corrected chi connectivity index (χ4v) is 3.19. The Balaban J connectivity index is 2.50. The average molecular weight is 230 g/mol. The SMILES string of the molecule is Cc1cccc(C)c1-c1ccc(C(C)C)s1. The van der Waals surface area contributed by atoms with Gasteiger partial charge in [-0.3, -0.25) is 0 Å². The summed E-state index contributed by atoms with van der Waals surface area (Å²) >= 11 is 1.92. The molecule has 0 fully saturated rings. The van der Waals surface area contributed by atoms with E-state index in [0.29, 0.717) is 5.92 Å². The number of thiophene rings is 1. The van der Waals surface area contributed by atoms with Crippen LogP contribution in [0.25, 0.3) is 10.4 Å². The Morgan fingerprint density at radius 3 is 2.06 bits per heavy atom. The van der Waals surface area contributed by atoms with Gasteiger partial charge in [-0.2, -0.15) is 0 Å². The van der Waals surface area contributed by atoms with E-state index in [0.717, 1.165) is 0 Å². The van der Waals surface area contributed by atoms with E-state index in [4.69, 9.17) is 0 Å². The average Bonchev–Trinajstić information content (AvgIpc) is 2.66. The minimum absolute atomic E-state index is 0.628. The highest BCUT2D eigenvalue weighted by atomic mass is 32.1. The zero-order valence-corrected chi connectivity index (χ0v) is 11.2. The fourth-order valence-electron chi connectivity index (χ4n) is 2.00. The third-order valence-corrected chi connectivity index (χ3v) is 4.33. The highest BCUT2D eigenvalue weighted by Crippen LogP contribution is 2.35. The molecule has 0 radical (unpaired) electrons. The van der Waals surface area contributed by atoms with E-state index in [1.54, 1.807) is 0 Å². The van der Waals surface area contributed by atoms with Gasteiger partial charge in [-0.1, -0.05) is 32.0 Å². The Labute approximate surface area is 102 Å². The lowest BCUT2D eigenvalue weighted by atomic mass is 10.0. The van der Waals surface area contributed by atoms with Gasteiger partial charge in [0, 0.05) is 9.75 Å². The summed E-state index contributed by atoms with van der Waals surface area (Å²) in [5, 5.41) is 0. The fraction of sp³-hybridized carbons (Fsp3) is 0.333. The minimum Gasteiger partial charge on any atom is -0.140 e. The molecule has 0 aliphatic carbocycles. The van der Waals surface area contributed by atoms with Gasteiger partial charge in [-0.15, -0.1) is 11.3 Å². The Hall–Kier alpha value is -1.08. The molecule has 0 aliphatic rings. The van der Waals surface area contributed by atoms with Crippen molar-refractivity contribution in [1.29, 1.82) is 0 Å². The van der Waals surface area contributed by atoms with Crippen molar-refractivity contribution in [3.63, 3.8) is 0 Å². The van der Waals surface area contributed by atoms with E-state index in [1.165, 1.54) is 26.4 Å². The standard InChI is InChI=1S/C15H18S/c1-10(2)13-8-9-14(16-13)15-11(3)6-5-7-12(15)4/h5-10H,1-4H3. The highest BCUT2D eigenvalue weighted by Gasteiger charge is 2.09. The van der Waals surface area contributed by atoms with Gasteiger partial charge in [0.2, 0.25) is 0 Å². The molecule has 0 spiro atoms. The van der Waals surface area contributed by atoms with Crippen molar-refractivity contribution in [2.24, 2.45) is 0 Å². The van der Waals surface area contributed by atoms with Gasteiger partial charge in [0.25, 0.3) is 0 Å². The second-order valence-electron chi connectivity index (χ2n) is 4.62. The summed E-state index contributed by atoms with van der Waals surface area (Å²) in [6.45, 7) is 8.88. The highest BCUT2D eigenvalue weighted by molar-refractivity contribution is 7.15. The number of hydrogen-bond acceptors (Lipinski definition) is 1. The summed E-state index contributed by atoms with van der Waals surface area (Å²) in [5.41, 5.74) is 4.16. The quantitative estimate of drug-likeness (QED) is 0.669. The Morgan fingerprint density at radius 2 is 1.56 bits per heavy atom. The zero-order chi connectivity index (χ0) is 11.7. The van der Waals surface area contributed by atoms with E-state index in [2.05, 4.69) is 58.0 Å². The van der Waals surface area contributed by atoms with Crippen molar-refractivity contribution < 1.29 is 0 Å². The summed E-state index contributed by atoms with van der Waals surface area (Å²) in [6, 6.07) is 11.0. The molecular formula is C15H18S. The van der Waals surface area contributed by atoms with E-state index in [9.17, 15) is 0 Å². The van der Waals surface area contributed by atoms with Gasteiger partial charge in [-0.25, -0.2) is 0 Å². The summed E-state index contributed by atoms with van der Waals surface area (Å²) in [4.78, 5) is 2.87. The van der Waals surface area contributed by atoms with Crippen LogP contribution in [-0.2, 0) is 0 Å². The second-order valence-corrected chi connectivity index (χ2v) is 5.74. The predicted molar refractivity (Wildman–Crippen MR) is 73.3 cm³/mol. The molecule has 2 aromatic rings. The third kappa shape index (κ3) is 2.05. The smallest absolute Gasteiger partial charge is 0.0351 e. The van der Waals surface area contributed by atoms with Crippen LogP contribution in [0.2, 0.25) is 0 Å².